The minimum absolute atomic E-state index is 0.0345. The minimum atomic E-state index is -0.199. The van der Waals surface area contributed by atoms with E-state index in [-0.39, 0.29) is 18.3 Å². The Bertz CT molecular complexity index is 626. The van der Waals surface area contributed by atoms with Crippen LogP contribution in [0.3, 0.4) is 0 Å². The summed E-state index contributed by atoms with van der Waals surface area (Å²) in [6, 6.07) is 9.45. The number of amides is 1. The van der Waals surface area contributed by atoms with Crippen LogP contribution in [-0.4, -0.2) is 20.7 Å². The van der Waals surface area contributed by atoms with Crippen LogP contribution in [0.1, 0.15) is 18.3 Å². The van der Waals surface area contributed by atoms with Crippen molar-refractivity contribution in [3.05, 3.63) is 42.0 Å². The first-order valence-corrected chi connectivity index (χ1v) is 5.90. The van der Waals surface area contributed by atoms with Crippen LogP contribution in [0.25, 0.3) is 0 Å². The number of nitrogens with one attached hydrogen (secondary N) is 1. The molecular weight excluding hydrogens is 242 g/mol. The van der Waals surface area contributed by atoms with Gasteiger partial charge in [0, 0.05) is 5.69 Å². The lowest BCUT2D eigenvalue weighted by atomic mass is 10.1. The number of hydrogen-bond donors (Lipinski definition) is 1. The number of anilines is 1. The zero-order chi connectivity index (χ0) is 13.7. The van der Waals surface area contributed by atoms with E-state index < -0.39 is 0 Å². The SMILES string of the molecule is CCc1ccccc1NC(=O)Cn1cnc(C#N)n1. The van der Waals surface area contributed by atoms with Crippen molar-refractivity contribution in [1.82, 2.24) is 14.8 Å². The van der Waals surface area contributed by atoms with Crippen LogP contribution in [-0.2, 0) is 17.8 Å². The molecule has 2 rings (SSSR count). The predicted octanol–water partition coefficient (Wildman–Crippen LogP) is 1.35. The third-order valence-corrected chi connectivity index (χ3v) is 2.61. The molecule has 0 bridgehead atoms. The zero-order valence-electron chi connectivity index (χ0n) is 10.5. The first-order valence-electron chi connectivity index (χ1n) is 5.90. The van der Waals surface area contributed by atoms with Crippen LogP contribution in [0.4, 0.5) is 5.69 Å². The van der Waals surface area contributed by atoms with Crippen LogP contribution in [0, 0.1) is 11.3 Å². The summed E-state index contributed by atoms with van der Waals surface area (Å²) in [5, 5.41) is 15.3. The number of aromatic nitrogens is 3. The maximum atomic E-state index is 11.9. The molecule has 2 aromatic rings. The quantitative estimate of drug-likeness (QED) is 0.893. The summed E-state index contributed by atoms with van der Waals surface area (Å²) in [5.41, 5.74) is 1.88. The number of para-hydroxylation sites is 1. The molecule has 1 aromatic carbocycles. The molecule has 6 heteroatoms. The van der Waals surface area contributed by atoms with E-state index in [9.17, 15) is 4.79 Å². The van der Waals surface area contributed by atoms with Gasteiger partial charge in [0.1, 0.15) is 18.9 Å². The first kappa shape index (κ1) is 12.8. The third kappa shape index (κ3) is 3.16. The molecule has 1 heterocycles. The monoisotopic (exact) mass is 255 g/mol. The molecule has 0 saturated heterocycles. The average molecular weight is 255 g/mol. The topological polar surface area (TPSA) is 83.6 Å². The van der Waals surface area contributed by atoms with E-state index in [0.29, 0.717) is 0 Å². The Morgan fingerprint density at radius 1 is 1.47 bits per heavy atom. The molecular formula is C13H13N5O. The number of rotatable bonds is 4. The van der Waals surface area contributed by atoms with Gasteiger partial charge in [-0.25, -0.2) is 9.67 Å². The van der Waals surface area contributed by atoms with Crippen LogP contribution < -0.4 is 5.32 Å². The van der Waals surface area contributed by atoms with Crippen LogP contribution in [0.5, 0.6) is 0 Å². The van der Waals surface area contributed by atoms with Gasteiger partial charge < -0.3 is 5.32 Å². The van der Waals surface area contributed by atoms with Gasteiger partial charge in [-0.1, -0.05) is 25.1 Å². The fourth-order valence-electron chi connectivity index (χ4n) is 1.71. The van der Waals surface area contributed by atoms with Gasteiger partial charge in [0.15, 0.2) is 0 Å². The van der Waals surface area contributed by atoms with Gasteiger partial charge in [0.25, 0.3) is 5.82 Å². The second-order valence-electron chi connectivity index (χ2n) is 3.94. The van der Waals surface area contributed by atoms with Gasteiger partial charge >= 0.3 is 0 Å². The maximum absolute atomic E-state index is 11.9. The number of hydrogen-bond acceptors (Lipinski definition) is 4. The minimum Gasteiger partial charge on any atom is -0.324 e. The van der Waals surface area contributed by atoms with Gasteiger partial charge in [-0.2, -0.15) is 5.26 Å². The molecule has 0 saturated carbocycles. The second kappa shape index (κ2) is 5.78. The van der Waals surface area contributed by atoms with Crippen molar-refractivity contribution in [1.29, 1.82) is 5.26 Å². The van der Waals surface area contributed by atoms with Crippen molar-refractivity contribution in [3.8, 4) is 6.07 Å². The van der Waals surface area contributed by atoms with E-state index in [4.69, 9.17) is 5.26 Å². The Morgan fingerprint density at radius 3 is 2.95 bits per heavy atom. The molecule has 0 radical (unpaired) electrons. The number of carbonyl (C=O) groups is 1. The number of benzene rings is 1. The van der Waals surface area contributed by atoms with Crippen LogP contribution in [0.2, 0.25) is 0 Å². The molecule has 0 aliphatic rings. The summed E-state index contributed by atoms with van der Waals surface area (Å²) < 4.78 is 1.34. The summed E-state index contributed by atoms with van der Waals surface area (Å²) in [6.45, 7) is 2.06. The largest absolute Gasteiger partial charge is 0.324 e. The molecule has 96 valence electrons. The molecule has 1 N–H and O–H groups in total. The van der Waals surface area contributed by atoms with E-state index >= 15 is 0 Å². The van der Waals surface area contributed by atoms with Gasteiger partial charge in [-0.15, -0.1) is 5.10 Å². The molecule has 1 aromatic heterocycles. The van der Waals surface area contributed by atoms with Gasteiger partial charge in [-0.3, -0.25) is 4.79 Å². The number of carbonyl (C=O) groups excluding carboxylic acids is 1. The first-order chi connectivity index (χ1) is 9.22. The predicted molar refractivity (Wildman–Crippen MR) is 69.2 cm³/mol. The molecule has 0 unspecified atom stereocenters. The highest BCUT2D eigenvalue weighted by molar-refractivity contribution is 5.91. The zero-order valence-corrected chi connectivity index (χ0v) is 10.5. The Hall–Kier alpha value is -2.68. The van der Waals surface area contributed by atoms with Crippen LogP contribution >= 0.6 is 0 Å². The number of nitriles is 1. The average Bonchev–Trinajstić information content (AvgIpc) is 2.87. The Labute approximate surface area is 110 Å². The molecule has 0 spiro atoms. The summed E-state index contributed by atoms with van der Waals surface area (Å²) in [5.74, 6) is -0.142. The maximum Gasteiger partial charge on any atom is 0.252 e. The second-order valence-corrected chi connectivity index (χ2v) is 3.94. The standard InChI is InChI=1S/C13H13N5O/c1-2-10-5-3-4-6-11(10)16-13(19)8-18-9-15-12(7-14)17-18/h3-6,9H,2,8H2,1H3,(H,16,19). The highest BCUT2D eigenvalue weighted by Crippen LogP contribution is 2.15. The molecule has 0 fully saturated rings. The lowest BCUT2D eigenvalue weighted by molar-refractivity contribution is -0.116. The molecule has 0 aliphatic carbocycles. The van der Waals surface area contributed by atoms with E-state index in [1.54, 1.807) is 0 Å². The molecule has 19 heavy (non-hydrogen) atoms. The highest BCUT2D eigenvalue weighted by atomic mass is 16.2. The van der Waals surface area contributed by atoms with Crippen molar-refractivity contribution in [3.63, 3.8) is 0 Å². The van der Waals surface area contributed by atoms with Crippen molar-refractivity contribution >= 4 is 11.6 Å². The lowest BCUT2D eigenvalue weighted by Crippen LogP contribution is -2.19. The molecule has 1 amide bonds. The smallest absolute Gasteiger partial charge is 0.252 e. The van der Waals surface area contributed by atoms with E-state index in [2.05, 4.69) is 15.4 Å². The lowest BCUT2D eigenvalue weighted by Gasteiger charge is -2.09. The van der Waals surface area contributed by atoms with E-state index in [1.807, 2.05) is 37.3 Å². The molecule has 0 aliphatic heterocycles. The van der Waals surface area contributed by atoms with Gasteiger partial charge in [-0.05, 0) is 18.1 Å². The van der Waals surface area contributed by atoms with Gasteiger partial charge in [0.05, 0.1) is 0 Å². The summed E-state index contributed by atoms with van der Waals surface area (Å²) in [6.07, 6.45) is 2.21. The number of aryl methyl sites for hydroxylation is 1. The summed E-state index contributed by atoms with van der Waals surface area (Å²) >= 11 is 0. The Balaban J connectivity index is 2.03. The van der Waals surface area contributed by atoms with E-state index in [0.717, 1.165) is 17.7 Å². The van der Waals surface area contributed by atoms with E-state index in [1.165, 1.54) is 11.0 Å². The Morgan fingerprint density at radius 2 is 2.26 bits per heavy atom. The van der Waals surface area contributed by atoms with Crippen molar-refractivity contribution in [2.45, 2.75) is 19.9 Å². The normalized spacial score (nSPS) is 9.89. The molecule has 0 atom stereocenters. The fourth-order valence-corrected chi connectivity index (χ4v) is 1.71. The Kier molecular flexibility index (Phi) is 3.88. The highest BCUT2D eigenvalue weighted by Gasteiger charge is 2.08. The summed E-state index contributed by atoms with van der Waals surface area (Å²) in [4.78, 5) is 15.6. The van der Waals surface area contributed by atoms with Crippen molar-refractivity contribution in [2.75, 3.05) is 5.32 Å². The van der Waals surface area contributed by atoms with Crippen LogP contribution in [0.15, 0.2) is 30.6 Å². The fraction of sp³-hybridized carbons (Fsp3) is 0.231. The third-order valence-electron chi connectivity index (χ3n) is 2.61. The van der Waals surface area contributed by atoms with Crippen molar-refractivity contribution in [2.24, 2.45) is 0 Å². The number of nitrogens with zero attached hydrogens (tertiary/aromatic N) is 4. The van der Waals surface area contributed by atoms with Crippen molar-refractivity contribution < 1.29 is 4.79 Å². The molecule has 6 nitrogen and oxygen atoms in total. The summed E-state index contributed by atoms with van der Waals surface area (Å²) in [7, 11) is 0. The van der Waals surface area contributed by atoms with Gasteiger partial charge in [0.2, 0.25) is 5.91 Å².